The van der Waals surface area contributed by atoms with Crippen LogP contribution in [0.3, 0.4) is 0 Å². The van der Waals surface area contributed by atoms with E-state index in [0.29, 0.717) is 16.6 Å². The zero-order valence-corrected chi connectivity index (χ0v) is 10.9. The minimum absolute atomic E-state index is 0.121. The van der Waals surface area contributed by atoms with Crippen LogP contribution in [0.4, 0.5) is 0 Å². The van der Waals surface area contributed by atoms with Gasteiger partial charge in [0.2, 0.25) is 5.91 Å². The Balaban J connectivity index is 1.83. The second-order valence-electron chi connectivity index (χ2n) is 3.76. The van der Waals surface area contributed by atoms with Crippen molar-refractivity contribution >= 4 is 29.1 Å². The Labute approximate surface area is 115 Å². The van der Waals surface area contributed by atoms with Gasteiger partial charge in [-0.1, -0.05) is 35.3 Å². The smallest absolute Gasteiger partial charge is 0.241 e. The largest absolute Gasteiger partial charge is 0.350 e. The quantitative estimate of drug-likeness (QED) is 0.937. The molecule has 18 heavy (non-hydrogen) atoms. The lowest BCUT2D eigenvalue weighted by Gasteiger charge is -2.05. The number of hydrogen-bond acceptors (Lipinski definition) is 2. The molecule has 0 saturated heterocycles. The minimum atomic E-state index is -0.121. The van der Waals surface area contributed by atoms with Crippen molar-refractivity contribution in [2.24, 2.45) is 0 Å². The number of nitrogens with zero attached hydrogens (tertiary/aromatic N) is 2. The molecule has 4 nitrogen and oxygen atoms in total. The van der Waals surface area contributed by atoms with Crippen molar-refractivity contribution in [2.75, 3.05) is 0 Å². The fourth-order valence-corrected chi connectivity index (χ4v) is 1.71. The molecule has 0 radical (unpaired) electrons. The molecule has 6 heteroatoms. The predicted octanol–water partition coefficient (Wildman–Crippen LogP) is 2.51. The first-order valence-electron chi connectivity index (χ1n) is 5.32. The van der Waals surface area contributed by atoms with Gasteiger partial charge in [-0.3, -0.25) is 9.48 Å². The molecule has 0 atom stereocenters. The summed E-state index contributed by atoms with van der Waals surface area (Å²) in [5.41, 5.74) is 0.992. The maximum atomic E-state index is 11.6. The molecule has 0 saturated carbocycles. The Morgan fingerprint density at radius 3 is 2.56 bits per heavy atom. The van der Waals surface area contributed by atoms with Gasteiger partial charge >= 0.3 is 0 Å². The van der Waals surface area contributed by atoms with E-state index in [2.05, 4.69) is 10.4 Å². The van der Waals surface area contributed by atoms with Crippen LogP contribution in [0.15, 0.2) is 36.7 Å². The summed E-state index contributed by atoms with van der Waals surface area (Å²) in [4.78, 5) is 11.6. The zero-order chi connectivity index (χ0) is 13.0. The van der Waals surface area contributed by atoms with Crippen molar-refractivity contribution in [3.8, 4) is 0 Å². The molecule has 0 spiro atoms. The van der Waals surface area contributed by atoms with Gasteiger partial charge in [-0.15, -0.1) is 0 Å². The molecule has 94 valence electrons. The molecule has 1 N–H and O–H groups in total. The average molecular weight is 284 g/mol. The lowest BCUT2D eigenvalue weighted by Crippen LogP contribution is -2.27. The van der Waals surface area contributed by atoms with E-state index in [0.717, 1.165) is 5.56 Å². The van der Waals surface area contributed by atoms with Gasteiger partial charge in [-0.05, 0) is 17.7 Å². The fraction of sp³-hybridized carbons (Fsp3) is 0.167. The van der Waals surface area contributed by atoms with Crippen molar-refractivity contribution in [3.63, 3.8) is 0 Å². The van der Waals surface area contributed by atoms with Gasteiger partial charge in [0.15, 0.2) is 0 Å². The first kappa shape index (κ1) is 12.9. The third-order valence-electron chi connectivity index (χ3n) is 2.31. The first-order valence-corrected chi connectivity index (χ1v) is 6.08. The summed E-state index contributed by atoms with van der Waals surface area (Å²) in [6, 6.07) is 7.31. The SMILES string of the molecule is O=C(Cn1cc(Cl)cn1)NCc1ccc(Cl)cc1. The van der Waals surface area contributed by atoms with Gasteiger partial charge in [0, 0.05) is 17.8 Å². The second kappa shape index (κ2) is 5.89. The van der Waals surface area contributed by atoms with Crippen LogP contribution in [-0.2, 0) is 17.9 Å². The molecule has 0 unspecified atom stereocenters. The Morgan fingerprint density at radius 1 is 1.22 bits per heavy atom. The van der Waals surface area contributed by atoms with Gasteiger partial charge < -0.3 is 5.32 Å². The summed E-state index contributed by atoms with van der Waals surface area (Å²) in [6.45, 7) is 0.616. The van der Waals surface area contributed by atoms with Crippen LogP contribution < -0.4 is 5.32 Å². The summed E-state index contributed by atoms with van der Waals surface area (Å²) >= 11 is 11.5. The van der Waals surface area contributed by atoms with Crippen LogP contribution in [0.2, 0.25) is 10.0 Å². The van der Waals surface area contributed by atoms with Crippen molar-refractivity contribution in [1.29, 1.82) is 0 Å². The maximum Gasteiger partial charge on any atom is 0.241 e. The van der Waals surface area contributed by atoms with E-state index in [1.54, 1.807) is 18.3 Å². The molecule has 2 aromatic rings. The van der Waals surface area contributed by atoms with Crippen molar-refractivity contribution in [2.45, 2.75) is 13.1 Å². The Hall–Kier alpha value is -1.52. The molecule has 0 bridgehead atoms. The zero-order valence-electron chi connectivity index (χ0n) is 9.44. The van der Waals surface area contributed by atoms with Crippen LogP contribution >= 0.6 is 23.2 Å². The van der Waals surface area contributed by atoms with Crippen molar-refractivity contribution < 1.29 is 4.79 Å². The van der Waals surface area contributed by atoms with Crippen molar-refractivity contribution in [1.82, 2.24) is 15.1 Å². The van der Waals surface area contributed by atoms with Gasteiger partial charge in [0.05, 0.1) is 11.2 Å². The number of halogens is 2. The maximum absolute atomic E-state index is 11.6. The van der Waals surface area contributed by atoms with Crippen LogP contribution in [-0.4, -0.2) is 15.7 Å². The van der Waals surface area contributed by atoms with Gasteiger partial charge in [-0.25, -0.2) is 0 Å². The number of aromatic nitrogens is 2. The molecule has 1 aromatic heterocycles. The lowest BCUT2D eigenvalue weighted by atomic mass is 10.2. The number of hydrogen-bond donors (Lipinski definition) is 1. The Morgan fingerprint density at radius 2 is 1.94 bits per heavy atom. The lowest BCUT2D eigenvalue weighted by molar-refractivity contribution is -0.122. The van der Waals surface area contributed by atoms with E-state index in [1.165, 1.54) is 10.9 Å². The van der Waals surface area contributed by atoms with Crippen molar-refractivity contribution in [3.05, 3.63) is 52.3 Å². The third-order valence-corrected chi connectivity index (χ3v) is 2.76. The van der Waals surface area contributed by atoms with E-state index in [4.69, 9.17) is 23.2 Å². The van der Waals surface area contributed by atoms with Crippen LogP contribution in [0.1, 0.15) is 5.56 Å². The predicted molar refractivity (Wildman–Crippen MR) is 70.5 cm³/mol. The average Bonchev–Trinajstić information content (AvgIpc) is 2.74. The van der Waals surface area contributed by atoms with Crippen LogP contribution in [0, 0.1) is 0 Å². The fourth-order valence-electron chi connectivity index (χ4n) is 1.43. The molecule has 0 aliphatic carbocycles. The van der Waals surface area contributed by atoms with E-state index in [-0.39, 0.29) is 12.5 Å². The first-order chi connectivity index (χ1) is 8.63. The monoisotopic (exact) mass is 283 g/mol. The number of benzene rings is 1. The van der Waals surface area contributed by atoms with E-state index in [1.807, 2.05) is 12.1 Å². The van der Waals surface area contributed by atoms with E-state index >= 15 is 0 Å². The highest BCUT2D eigenvalue weighted by Crippen LogP contribution is 2.09. The molecular formula is C12H11Cl2N3O. The van der Waals surface area contributed by atoms with Gasteiger partial charge in [0.25, 0.3) is 0 Å². The third kappa shape index (κ3) is 3.75. The Bertz CT molecular complexity index is 537. The summed E-state index contributed by atoms with van der Waals surface area (Å²) < 4.78 is 1.49. The highest BCUT2D eigenvalue weighted by atomic mass is 35.5. The van der Waals surface area contributed by atoms with Crippen LogP contribution in [0.25, 0.3) is 0 Å². The van der Waals surface area contributed by atoms with E-state index < -0.39 is 0 Å². The molecule has 0 aliphatic heterocycles. The topological polar surface area (TPSA) is 46.9 Å². The molecule has 0 aliphatic rings. The summed E-state index contributed by atoms with van der Waals surface area (Å²) in [6.07, 6.45) is 3.09. The molecule has 1 heterocycles. The highest BCUT2D eigenvalue weighted by Gasteiger charge is 2.04. The number of rotatable bonds is 4. The summed E-state index contributed by atoms with van der Waals surface area (Å²) in [5, 5.41) is 7.91. The number of nitrogens with one attached hydrogen (secondary N) is 1. The molecular weight excluding hydrogens is 273 g/mol. The Kier molecular flexibility index (Phi) is 4.23. The molecule has 1 aromatic carbocycles. The van der Waals surface area contributed by atoms with Crippen LogP contribution in [0.5, 0.6) is 0 Å². The molecule has 1 amide bonds. The standard InChI is InChI=1S/C12H11Cl2N3O/c13-10-3-1-9(2-4-10)5-15-12(18)8-17-7-11(14)6-16-17/h1-4,6-7H,5,8H2,(H,15,18). The summed E-state index contributed by atoms with van der Waals surface area (Å²) in [5.74, 6) is -0.121. The van der Waals surface area contributed by atoms with Gasteiger partial charge in [0.1, 0.15) is 6.54 Å². The molecule has 0 fully saturated rings. The second-order valence-corrected chi connectivity index (χ2v) is 4.63. The van der Waals surface area contributed by atoms with Gasteiger partial charge in [-0.2, -0.15) is 5.10 Å². The molecule has 2 rings (SSSR count). The number of amides is 1. The summed E-state index contributed by atoms with van der Waals surface area (Å²) in [7, 11) is 0. The highest BCUT2D eigenvalue weighted by molar-refractivity contribution is 6.30. The number of carbonyl (C=O) groups excluding carboxylic acids is 1. The normalized spacial score (nSPS) is 10.3. The number of carbonyl (C=O) groups is 1. The van der Waals surface area contributed by atoms with E-state index in [9.17, 15) is 4.79 Å². The minimum Gasteiger partial charge on any atom is -0.350 e.